The van der Waals surface area contributed by atoms with Crippen LogP contribution < -0.4 is 21.3 Å². The topological polar surface area (TPSA) is 108 Å². The van der Waals surface area contributed by atoms with Gasteiger partial charge in [-0.25, -0.2) is 5.84 Å². The first-order valence-corrected chi connectivity index (χ1v) is 6.77. The quantitative estimate of drug-likeness (QED) is 0.485. The lowest BCUT2D eigenvalue weighted by molar-refractivity contribution is -0.384. The third-order valence-electron chi connectivity index (χ3n) is 3.06. The highest BCUT2D eigenvalue weighted by Gasteiger charge is 2.30. The predicted molar refractivity (Wildman–Crippen MR) is 85.1 cm³/mol. The molecule has 0 heterocycles. The molecule has 25 heavy (non-hydrogen) atoms. The van der Waals surface area contributed by atoms with Crippen molar-refractivity contribution >= 4 is 17.1 Å². The number of hydrazine groups is 1. The molecule has 0 spiro atoms. The zero-order valence-electron chi connectivity index (χ0n) is 12.6. The maximum atomic E-state index is 12.1. The van der Waals surface area contributed by atoms with Crippen molar-refractivity contribution in [2.75, 3.05) is 5.01 Å². The molecule has 0 aliphatic heterocycles. The average molecular weight is 354 g/mol. The smallest absolute Gasteiger partial charge is 0.406 e. The van der Waals surface area contributed by atoms with Crippen LogP contribution >= 0.6 is 0 Å². The number of nitro groups is 1. The Morgan fingerprint density at radius 1 is 1.12 bits per heavy atom. The number of alkyl halides is 3. The first kappa shape index (κ1) is 18.1. The van der Waals surface area contributed by atoms with E-state index in [9.17, 15) is 23.3 Å². The number of nitrogens with zero attached hydrogens (tertiary/aromatic N) is 2. The van der Waals surface area contributed by atoms with E-state index in [1.54, 1.807) is 0 Å². The molecule has 0 amide bonds. The molecule has 0 unspecified atom stereocenters. The van der Waals surface area contributed by atoms with E-state index in [1.807, 2.05) is 0 Å². The lowest BCUT2D eigenvalue weighted by atomic mass is 10.1. The maximum absolute atomic E-state index is 12.1. The predicted octanol–water partition coefficient (Wildman–Crippen LogP) is 3.13. The van der Waals surface area contributed by atoms with E-state index >= 15 is 0 Å². The highest BCUT2D eigenvalue weighted by molar-refractivity contribution is 5.67. The second-order valence-corrected chi connectivity index (χ2v) is 4.84. The number of anilines is 1. The summed E-state index contributed by atoms with van der Waals surface area (Å²) in [5.41, 5.74) is 6.86. The summed E-state index contributed by atoms with van der Waals surface area (Å²) in [6.45, 7) is 0. The molecule has 10 heteroatoms. The maximum Gasteiger partial charge on any atom is 0.573 e. The fraction of sp³-hybridized carbons (Fsp3) is 0.0667. The van der Waals surface area contributed by atoms with Crippen LogP contribution in [0.25, 0.3) is 5.70 Å². The van der Waals surface area contributed by atoms with Gasteiger partial charge in [0, 0.05) is 18.3 Å². The second-order valence-electron chi connectivity index (χ2n) is 4.84. The minimum Gasteiger partial charge on any atom is -0.406 e. The largest absolute Gasteiger partial charge is 0.573 e. The standard InChI is InChI=1S/C15H13F3N4O3/c16-15(17,18)25-13-7-5-11(6-8-13)21(20)9-14(19)10-1-3-12(4-2-10)22(23)24/h1-9H,19-20H2/b14-9-. The van der Waals surface area contributed by atoms with Crippen LogP contribution in [0, 0.1) is 10.1 Å². The van der Waals surface area contributed by atoms with Crippen molar-refractivity contribution in [1.29, 1.82) is 0 Å². The van der Waals surface area contributed by atoms with Crippen molar-refractivity contribution in [3.63, 3.8) is 0 Å². The first-order chi connectivity index (χ1) is 11.7. The molecule has 0 fully saturated rings. The van der Waals surface area contributed by atoms with Gasteiger partial charge in [0.05, 0.1) is 16.3 Å². The van der Waals surface area contributed by atoms with E-state index in [1.165, 1.54) is 42.6 Å². The normalized spacial score (nSPS) is 11.9. The summed E-state index contributed by atoms with van der Waals surface area (Å²) in [4.78, 5) is 10.1. The number of non-ortho nitro benzene ring substituents is 1. The number of halogens is 3. The minimum atomic E-state index is -4.77. The van der Waals surface area contributed by atoms with Crippen molar-refractivity contribution in [2.45, 2.75) is 6.36 Å². The molecule has 2 rings (SSSR count). The molecular formula is C15H13F3N4O3. The highest BCUT2D eigenvalue weighted by atomic mass is 19.4. The molecule has 0 atom stereocenters. The lowest BCUT2D eigenvalue weighted by Crippen LogP contribution is -2.25. The van der Waals surface area contributed by atoms with Gasteiger partial charge in [0.25, 0.3) is 5.69 Å². The van der Waals surface area contributed by atoms with E-state index in [0.29, 0.717) is 11.3 Å². The van der Waals surface area contributed by atoms with Crippen LogP contribution in [-0.2, 0) is 0 Å². The Bertz CT molecular complexity index is 774. The number of benzene rings is 2. The van der Waals surface area contributed by atoms with Crippen LogP contribution in [0.2, 0.25) is 0 Å². The molecule has 2 aromatic rings. The molecule has 4 N–H and O–H groups in total. The van der Waals surface area contributed by atoms with Crippen LogP contribution in [-0.4, -0.2) is 11.3 Å². The number of hydrogen-bond acceptors (Lipinski definition) is 6. The van der Waals surface area contributed by atoms with Crippen molar-refractivity contribution in [3.05, 3.63) is 70.4 Å². The van der Waals surface area contributed by atoms with Crippen LogP contribution in [0.15, 0.2) is 54.7 Å². The third kappa shape index (κ3) is 5.11. The first-order valence-electron chi connectivity index (χ1n) is 6.77. The van der Waals surface area contributed by atoms with Gasteiger partial charge in [-0.15, -0.1) is 13.2 Å². The molecule has 0 bridgehead atoms. The molecule has 132 valence electrons. The van der Waals surface area contributed by atoms with Crippen molar-refractivity contribution in [3.8, 4) is 5.75 Å². The summed E-state index contributed by atoms with van der Waals surface area (Å²) in [5.74, 6) is 5.42. The van der Waals surface area contributed by atoms with Gasteiger partial charge >= 0.3 is 6.36 Å². The number of rotatable bonds is 5. The summed E-state index contributed by atoms with van der Waals surface area (Å²) >= 11 is 0. The van der Waals surface area contributed by atoms with Crippen molar-refractivity contribution in [1.82, 2.24) is 0 Å². The molecule has 0 saturated carbocycles. The second kappa shape index (κ2) is 7.09. The number of nitrogens with two attached hydrogens (primary N) is 2. The van der Waals surface area contributed by atoms with Gasteiger partial charge in [-0.1, -0.05) is 0 Å². The fourth-order valence-corrected chi connectivity index (χ4v) is 1.89. The van der Waals surface area contributed by atoms with Crippen molar-refractivity contribution in [2.24, 2.45) is 11.6 Å². The van der Waals surface area contributed by atoms with Crippen LogP contribution in [0.5, 0.6) is 5.75 Å². The lowest BCUT2D eigenvalue weighted by Gasteiger charge is -2.16. The molecule has 7 nitrogen and oxygen atoms in total. The zero-order valence-corrected chi connectivity index (χ0v) is 12.6. The number of nitro benzene ring substituents is 1. The van der Waals surface area contributed by atoms with Gasteiger partial charge in [-0.3, -0.25) is 15.1 Å². The average Bonchev–Trinajstić information content (AvgIpc) is 2.54. The Morgan fingerprint density at radius 2 is 1.68 bits per heavy atom. The molecule has 0 saturated heterocycles. The van der Waals surface area contributed by atoms with E-state index in [4.69, 9.17) is 11.6 Å². The minimum absolute atomic E-state index is 0.0820. The highest BCUT2D eigenvalue weighted by Crippen LogP contribution is 2.25. The van der Waals surface area contributed by atoms with Gasteiger partial charge < -0.3 is 10.5 Å². The van der Waals surface area contributed by atoms with Gasteiger partial charge in [0.1, 0.15) is 5.75 Å². The summed E-state index contributed by atoms with van der Waals surface area (Å²) in [6, 6.07) is 10.4. The van der Waals surface area contributed by atoms with E-state index in [2.05, 4.69) is 4.74 Å². The third-order valence-corrected chi connectivity index (χ3v) is 3.06. The van der Waals surface area contributed by atoms with Gasteiger partial charge in [0.15, 0.2) is 0 Å². The summed E-state index contributed by atoms with van der Waals surface area (Å²) in [6.07, 6.45) is -3.44. The van der Waals surface area contributed by atoms with Crippen LogP contribution in [0.4, 0.5) is 24.5 Å². The Balaban J connectivity index is 2.12. The van der Waals surface area contributed by atoms with Crippen molar-refractivity contribution < 1.29 is 22.8 Å². The molecule has 0 aliphatic rings. The SMILES string of the molecule is N/C(=C\N(N)c1ccc(OC(F)(F)F)cc1)c1ccc([N+](=O)[O-])cc1. The summed E-state index contributed by atoms with van der Waals surface area (Å²) < 4.78 is 40.1. The number of ether oxygens (including phenoxy) is 1. The number of hydrogen-bond donors (Lipinski definition) is 2. The van der Waals surface area contributed by atoms with Crippen LogP contribution in [0.3, 0.4) is 0 Å². The Labute approximate surface area is 140 Å². The Kier molecular flexibility index (Phi) is 5.13. The summed E-state index contributed by atoms with van der Waals surface area (Å²) in [7, 11) is 0. The van der Waals surface area contributed by atoms with Crippen LogP contribution in [0.1, 0.15) is 5.56 Å². The molecule has 0 radical (unpaired) electrons. The molecule has 2 aromatic carbocycles. The molecular weight excluding hydrogens is 341 g/mol. The van der Waals surface area contributed by atoms with E-state index in [-0.39, 0.29) is 17.1 Å². The van der Waals surface area contributed by atoms with Gasteiger partial charge in [-0.2, -0.15) is 0 Å². The molecule has 0 aliphatic carbocycles. The van der Waals surface area contributed by atoms with Gasteiger partial charge in [-0.05, 0) is 42.0 Å². The zero-order chi connectivity index (χ0) is 18.6. The van der Waals surface area contributed by atoms with E-state index in [0.717, 1.165) is 17.1 Å². The fourth-order valence-electron chi connectivity index (χ4n) is 1.89. The Morgan fingerprint density at radius 3 is 2.16 bits per heavy atom. The summed E-state index contributed by atoms with van der Waals surface area (Å²) in [5, 5.41) is 11.7. The monoisotopic (exact) mass is 354 g/mol. The van der Waals surface area contributed by atoms with Gasteiger partial charge in [0.2, 0.25) is 0 Å². The Hall–Kier alpha value is -3.27. The van der Waals surface area contributed by atoms with E-state index < -0.39 is 11.3 Å². The molecule has 0 aromatic heterocycles.